The van der Waals surface area contributed by atoms with E-state index in [0.29, 0.717) is 0 Å². The Bertz CT molecular complexity index is 254. The summed E-state index contributed by atoms with van der Waals surface area (Å²) in [5.41, 5.74) is 2.08. The summed E-state index contributed by atoms with van der Waals surface area (Å²) in [4.78, 5) is 0. The molecule has 0 aromatic carbocycles. The van der Waals surface area contributed by atoms with Gasteiger partial charge in [0.2, 0.25) is 0 Å². The van der Waals surface area contributed by atoms with Crippen LogP contribution in [0.2, 0.25) is 0 Å². The molecule has 0 spiro atoms. The van der Waals surface area contributed by atoms with Gasteiger partial charge >= 0.3 is 0 Å². The maximum Gasteiger partial charge on any atom is 0.126 e. The van der Waals surface area contributed by atoms with Gasteiger partial charge in [-0.1, -0.05) is 97.1 Å². The van der Waals surface area contributed by atoms with Crippen molar-refractivity contribution in [3.8, 4) is 0 Å². The summed E-state index contributed by atoms with van der Waals surface area (Å²) in [7, 11) is 0. The summed E-state index contributed by atoms with van der Waals surface area (Å²) in [5.74, 6) is 0. The number of aromatic nitrogens is 1. The van der Waals surface area contributed by atoms with Crippen LogP contribution in [0.25, 0.3) is 0 Å². The van der Waals surface area contributed by atoms with Gasteiger partial charge in [0.05, 0.1) is 5.69 Å². The highest BCUT2D eigenvalue weighted by atomic mass is 16.5. The zero-order valence-electron chi connectivity index (χ0n) is 15.5. The van der Waals surface area contributed by atoms with Crippen LogP contribution in [0.4, 0.5) is 0 Å². The highest BCUT2D eigenvalue weighted by Gasteiger charge is 1.91. The second-order valence-electron chi connectivity index (χ2n) is 5.70. The van der Waals surface area contributed by atoms with Gasteiger partial charge < -0.3 is 4.52 Å². The zero-order valence-corrected chi connectivity index (χ0v) is 15.5. The van der Waals surface area contributed by atoms with E-state index in [1.54, 1.807) is 6.26 Å². The van der Waals surface area contributed by atoms with Crippen molar-refractivity contribution in [3.05, 3.63) is 17.5 Å². The van der Waals surface area contributed by atoms with Crippen molar-refractivity contribution in [2.45, 2.75) is 106 Å². The van der Waals surface area contributed by atoms with Gasteiger partial charge in [-0.3, -0.25) is 0 Å². The van der Waals surface area contributed by atoms with Crippen LogP contribution >= 0.6 is 0 Å². The van der Waals surface area contributed by atoms with E-state index in [-0.39, 0.29) is 0 Å². The molecule has 21 heavy (non-hydrogen) atoms. The summed E-state index contributed by atoms with van der Waals surface area (Å²) < 4.78 is 4.59. The number of hydrogen-bond acceptors (Lipinski definition) is 2. The SMILES string of the molecule is CCCCCC.CCCCCCCC.Cc1conc1C. The van der Waals surface area contributed by atoms with Gasteiger partial charge in [-0.25, -0.2) is 0 Å². The normalized spacial score (nSPS) is 9.43. The van der Waals surface area contributed by atoms with Crippen molar-refractivity contribution in [2.75, 3.05) is 0 Å². The summed E-state index contributed by atoms with van der Waals surface area (Å²) in [6.07, 6.45) is 15.7. The first kappa shape index (κ1) is 22.5. The molecule has 1 aromatic heterocycles. The minimum absolute atomic E-state index is 0.972. The van der Waals surface area contributed by atoms with Crippen molar-refractivity contribution in [2.24, 2.45) is 0 Å². The summed E-state index contributed by atoms with van der Waals surface area (Å²) in [5, 5.41) is 3.64. The molecule has 0 saturated heterocycles. The average molecular weight is 298 g/mol. The van der Waals surface area contributed by atoms with Gasteiger partial charge in [-0.2, -0.15) is 0 Å². The molecule has 0 aliphatic heterocycles. The Morgan fingerprint density at radius 1 is 0.714 bits per heavy atom. The third kappa shape index (κ3) is 19.2. The molecule has 126 valence electrons. The summed E-state index contributed by atoms with van der Waals surface area (Å²) in [6.45, 7) is 12.9. The molecule has 0 amide bonds. The van der Waals surface area contributed by atoms with Crippen LogP contribution in [0.1, 0.15) is 103 Å². The number of unbranched alkanes of at least 4 members (excludes halogenated alkanes) is 8. The number of nitrogens with zero attached hydrogens (tertiary/aromatic N) is 1. The topological polar surface area (TPSA) is 26.0 Å². The fraction of sp³-hybridized carbons (Fsp3) is 0.842. The van der Waals surface area contributed by atoms with Gasteiger partial charge in [0.25, 0.3) is 0 Å². The molecule has 0 atom stereocenters. The smallest absolute Gasteiger partial charge is 0.126 e. The van der Waals surface area contributed by atoms with Crippen LogP contribution < -0.4 is 0 Å². The Balaban J connectivity index is 0. The van der Waals surface area contributed by atoms with Crippen LogP contribution in [0.5, 0.6) is 0 Å². The molecule has 2 heteroatoms. The lowest BCUT2D eigenvalue weighted by atomic mass is 10.1. The second-order valence-corrected chi connectivity index (χ2v) is 5.70. The Hall–Kier alpha value is -0.790. The highest BCUT2D eigenvalue weighted by molar-refractivity contribution is 5.08. The molecule has 0 unspecified atom stereocenters. The Morgan fingerprint density at radius 3 is 1.29 bits per heavy atom. The first-order valence-corrected chi connectivity index (χ1v) is 9.01. The number of rotatable bonds is 8. The van der Waals surface area contributed by atoms with E-state index in [1.807, 2.05) is 13.8 Å². The molecular weight excluding hydrogens is 258 g/mol. The first-order chi connectivity index (χ1) is 10.1. The molecule has 1 rings (SSSR count). The highest BCUT2D eigenvalue weighted by Crippen LogP contribution is 2.03. The fourth-order valence-electron chi connectivity index (χ4n) is 1.70. The molecule has 0 saturated carbocycles. The fourth-order valence-corrected chi connectivity index (χ4v) is 1.70. The van der Waals surface area contributed by atoms with Crippen LogP contribution in [0.3, 0.4) is 0 Å². The number of hydrogen-bond donors (Lipinski definition) is 0. The Morgan fingerprint density at radius 2 is 1.10 bits per heavy atom. The molecule has 0 aliphatic rings. The van der Waals surface area contributed by atoms with Gasteiger partial charge in [-0.15, -0.1) is 0 Å². The average Bonchev–Trinajstić information content (AvgIpc) is 2.87. The van der Waals surface area contributed by atoms with Crippen molar-refractivity contribution in [3.63, 3.8) is 0 Å². The minimum Gasteiger partial charge on any atom is -0.364 e. The lowest BCUT2D eigenvalue weighted by Crippen LogP contribution is -1.73. The van der Waals surface area contributed by atoms with E-state index in [4.69, 9.17) is 0 Å². The van der Waals surface area contributed by atoms with Crippen molar-refractivity contribution in [1.29, 1.82) is 0 Å². The van der Waals surface area contributed by atoms with Crippen LogP contribution in [-0.2, 0) is 0 Å². The van der Waals surface area contributed by atoms with E-state index >= 15 is 0 Å². The molecule has 1 aromatic rings. The summed E-state index contributed by atoms with van der Waals surface area (Å²) in [6, 6.07) is 0. The largest absolute Gasteiger partial charge is 0.364 e. The third-order valence-electron chi connectivity index (χ3n) is 3.40. The molecule has 0 bridgehead atoms. The molecular formula is C19H39NO. The van der Waals surface area contributed by atoms with Crippen molar-refractivity contribution in [1.82, 2.24) is 5.16 Å². The van der Waals surface area contributed by atoms with Crippen LogP contribution in [0.15, 0.2) is 10.8 Å². The monoisotopic (exact) mass is 297 g/mol. The Kier molecular flexibility index (Phi) is 20.6. The van der Waals surface area contributed by atoms with Gasteiger partial charge in [0, 0.05) is 5.56 Å². The van der Waals surface area contributed by atoms with E-state index in [0.717, 1.165) is 11.3 Å². The van der Waals surface area contributed by atoms with E-state index < -0.39 is 0 Å². The molecule has 0 radical (unpaired) electrons. The van der Waals surface area contributed by atoms with Gasteiger partial charge in [-0.05, 0) is 13.8 Å². The maximum atomic E-state index is 4.59. The van der Waals surface area contributed by atoms with Crippen LogP contribution in [-0.4, -0.2) is 5.16 Å². The zero-order chi connectivity index (χ0) is 16.3. The minimum atomic E-state index is 0.972. The summed E-state index contributed by atoms with van der Waals surface area (Å²) >= 11 is 0. The standard InChI is InChI=1S/C8H18.C6H14.C5H7NO/c1-3-5-7-8-6-4-2;1-3-5-6-4-2;1-4-3-7-6-5(4)2/h3-8H2,1-2H3;3-6H2,1-2H3;3H,1-2H3. The predicted molar refractivity (Wildman–Crippen MR) is 94.8 cm³/mol. The lowest BCUT2D eigenvalue weighted by molar-refractivity contribution is 0.414. The molecule has 1 heterocycles. The van der Waals surface area contributed by atoms with Gasteiger partial charge in [0.1, 0.15) is 6.26 Å². The Labute approximate surface area is 133 Å². The van der Waals surface area contributed by atoms with E-state index in [9.17, 15) is 0 Å². The molecule has 0 fully saturated rings. The molecule has 2 nitrogen and oxygen atoms in total. The van der Waals surface area contributed by atoms with E-state index in [2.05, 4.69) is 37.4 Å². The van der Waals surface area contributed by atoms with Gasteiger partial charge in [0.15, 0.2) is 0 Å². The van der Waals surface area contributed by atoms with Crippen LogP contribution in [0, 0.1) is 13.8 Å². The quantitative estimate of drug-likeness (QED) is 0.472. The second kappa shape index (κ2) is 19.2. The van der Waals surface area contributed by atoms with Crippen molar-refractivity contribution < 1.29 is 4.52 Å². The molecule has 0 aliphatic carbocycles. The van der Waals surface area contributed by atoms with Crippen molar-refractivity contribution >= 4 is 0 Å². The maximum absolute atomic E-state index is 4.59. The predicted octanol–water partition coefficient (Wildman–Crippen LogP) is 7.24. The van der Waals surface area contributed by atoms with E-state index in [1.165, 1.54) is 64.2 Å². The lowest BCUT2D eigenvalue weighted by Gasteiger charge is -1.93. The third-order valence-corrected chi connectivity index (χ3v) is 3.40. The molecule has 0 N–H and O–H groups in total. The first-order valence-electron chi connectivity index (χ1n) is 9.01. The number of aryl methyl sites for hydroxylation is 2.